The van der Waals surface area contributed by atoms with E-state index in [9.17, 15) is 9.28 Å². The Morgan fingerprint density at radius 1 is 1.57 bits per heavy atom. The Morgan fingerprint density at radius 2 is 2.21 bits per heavy atom. The minimum absolute atomic E-state index is 0.0778. The number of nitrogens with zero attached hydrogens (tertiary/aromatic N) is 1. The summed E-state index contributed by atoms with van der Waals surface area (Å²) in [5.74, 6) is -0.279. The molecule has 14 heavy (non-hydrogen) atoms. The smallest absolute Gasteiger partial charge is 0.266 e. The van der Waals surface area contributed by atoms with E-state index in [0.29, 0.717) is 11.7 Å². The Morgan fingerprint density at radius 3 is 2.71 bits per heavy atom. The van der Waals surface area contributed by atoms with E-state index in [4.69, 9.17) is 0 Å². The summed E-state index contributed by atoms with van der Waals surface area (Å²) in [6.45, 7) is 3.79. The maximum Gasteiger partial charge on any atom is 0.266 e. The van der Waals surface area contributed by atoms with Gasteiger partial charge in [0.05, 0.1) is 5.71 Å². The molecule has 0 aromatic heterocycles. The molecule has 1 aliphatic carbocycles. The van der Waals surface area contributed by atoms with E-state index in [1.165, 1.54) is 6.08 Å². The molecule has 1 atom stereocenters. The second-order valence-electron chi connectivity index (χ2n) is 3.55. The van der Waals surface area contributed by atoms with Gasteiger partial charge in [-0.25, -0.2) is 4.39 Å². The van der Waals surface area contributed by atoms with Crippen LogP contribution >= 0.6 is 7.77 Å². The van der Waals surface area contributed by atoms with Crippen LogP contribution in [0.25, 0.3) is 0 Å². The molecule has 0 saturated carbocycles. The van der Waals surface area contributed by atoms with Gasteiger partial charge in [0.1, 0.15) is 5.66 Å². The summed E-state index contributed by atoms with van der Waals surface area (Å²) in [6, 6.07) is 0. The first-order valence-electron chi connectivity index (χ1n) is 4.75. The van der Waals surface area contributed by atoms with E-state index in [0.717, 1.165) is 12.1 Å². The van der Waals surface area contributed by atoms with Crippen LogP contribution in [-0.2, 0) is 0 Å². The van der Waals surface area contributed by atoms with Crippen molar-refractivity contribution in [1.82, 2.24) is 0 Å². The van der Waals surface area contributed by atoms with Crippen LogP contribution in [0.5, 0.6) is 0 Å². The Labute approximate surface area is 85.0 Å². The summed E-state index contributed by atoms with van der Waals surface area (Å²) >= 11 is 0. The molecular weight excluding hydrogens is 200 g/mol. The lowest BCUT2D eigenvalue weighted by molar-refractivity contribution is 0.628. The maximum absolute atomic E-state index is 13.5. The molecule has 0 saturated heterocycles. The highest BCUT2D eigenvalue weighted by Crippen LogP contribution is 2.32. The molecule has 0 radical (unpaired) electrons. The molecule has 0 spiro atoms. The van der Waals surface area contributed by atoms with Crippen molar-refractivity contribution in [3.8, 4) is 0 Å². The number of allylic oxidation sites excluding steroid dienone is 2. The number of aliphatic imine (C=N–C) groups is 1. The molecule has 0 fully saturated rings. The van der Waals surface area contributed by atoms with Crippen LogP contribution in [0.4, 0.5) is 4.39 Å². The zero-order chi connectivity index (χ0) is 10.7. The average molecular weight is 216 g/mol. The summed E-state index contributed by atoms with van der Waals surface area (Å²) in [5, 5.41) is 0.448. The van der Waals surface area contributed by atoms with Crippen molar-refractivity contribution in [3.63, 3.8) is 0 Å². The third-order valence-electron chi connectivity index (χ3n) is 2.19. The zero-order valence-corrected chi connectivity index (χ0v) is 9.68. The van der Waals surface area contributed by atoms with E-state index in [2.05, 4.69) is 4.99 Å². The van der Waals surface area contributed by atoms with E-state index in [-0.39, 0.29) is 11.5 Å². The number of halogens is 1. The number of rotatable bonds is 1. The first kappa shape index (κ1) is 11.5. The Bertz CT molecular complexity index is 318. The van der Waals surface area contributed by atoms with Crippen molar-refractivity contribution in [2.75, 3.05) is 7.05 Å². The summed E-state index contributed by atoms with van der Waals surface area (Å²) in [5.41, 5.74) is 0.807. The molecule has 0 heterocycles. The second-order valence-corrected chi connectivity index (χ2v) is 5.72. The topological polar surface area (TPSA) is 32.6 Å². The molecule has 1 rings (SSSR count). The van der Waals surface area contributed by atoms with Crippen molar-refractivity contribution in [3.05, 3.63) is 11.9 Å². The van der Waals surface area contributed by atoms with E-state index in [1.807, 2.05) is 13.8 Å². The molecular formula is C10H16FNOP+. The quantitative estimate of drug-likeness (QED) is 0.671. The lowest BCUT2D eigenvalue weighted by Gasteiger charge is -2.09. The average Bonchev–Trinajstić information content (AvgIpc) is 2.16. The standard InChI is InChI=1S/C10H16FNOP/c1-7(2)14(13)10-8(11)5-4-6-9(10)12-3/h5,7,13H,4,6H2,1-3H3/q+1. The largest absolute Gasteiger partial charge is 0.288 e. The lowest BCUT2D eigenvalue weighted by atomic mass is 10.0. The van der Waals surface area contributed by atoms with Crippen LogP contribution < -0.4 is 0 Å². The fraction of sp³-hybridized carbons (Fsp3) is 0.600. The van der Waals surface area contributed by atoms with E-state index < -0.39 is 7.77 Å². The van der Waals surface area contributed by atoms with Crippen molar-refractivity contribution < 1.29 is 9.28 Å². The van der Waals surface area contributed by atoms with E-state index in [1.54, 1.807) is 7.05 Å². The summed E-state index contributed by atoms with van der Waals surface area (Å²) in [7, 11) is 0.251. The molecule has 1 unspecified atom stereocenters. The van der Waals surface area contributed by atoms with Gasteiger partial charge in [-0.1, -0.05) is 0 Å². The lowest BCUT2D eigenvalue weighted by Crippen LogP contribution is -2.19. The molecule has 0 aromatic rings. The number of hydrogen-bond donors (Lipinski definition) is 1. The molecule has 4 heteroatoms. The van der Waals surface area contributed by atoms with Crippen molar-refractivity contribution in [2.24, 2.45) is 4.99 Å². The predicted octanol–water partition coefficient (Wildman–Crippen LogP) is 2.67. The molecule has 0 aliphatic heterocycles. The molecule has 1 N–H and O–H groups in total. The van der Waals surface area contributed by atoms with Gasteiger partial charge < -0.3 is 0 Å². The Hall–Kier alpha value is -0.530. The van der Waals surface area contributed by atoms with E-state index >= 15 is 0 Å². The van der Waals surface area contributed by atoms with Gasteiger partial charge >= 0.3 is 0 Å². The SMILES string of the molecule is CN=C1CCC=C(F)C1=[P+](O)C(C)C. The van der Waals surface area contributed by atoms with Gasteiger partial charge in [-0.05, 0) is 32.8 Å². The molecule has 1 aliphatic rings. The highest BCUT2D eigenvalue weighted by molar-refractivity contribution is 7.57. The third-order valence-corrected chi connectivity index (χ3v) is 4.10. The highest BCUT2D eigenvalue weighted by atomic mass is 31.1. The minimum Gasteiger partial charge on any atom is -0.288 e. The van der Waals surface area contributed by atoms with Crippen molar-refractivity contribution in [1.29, 1.82) is 0 Å². The maximum atomic E-state index is 13.5. The van der Waals surface area contributed by atoms with Crippen LogP contribution in [0.3, 0.4) is 0 Å². The third kappa shape index (κ3) is 2.28. The molecule has 0 amide bonds. The van der Waals surface area contributed by atoms with Crippen LogP contribution in [0.15, 0.2) is 16.9 Å². The second kappa shape index (κ2) is 4.81. The van der Waals surface area contributed by atoms with Gasteiger partial charge in [-0.2, -0.15) is 4.89 Å². The van der Waals surface area contributed by atoms with Gasteiger partial charge in [0, 0.05) is 7.05 Å². The molecule has 78 valence electrons. The predicted molar refractivity (Wildman–Crippen MR) is 61.1 cm³/mol. The molecule has 0 aromatic carbocycles. The van der Waals surface area contributed by atoms with Crippen molar-refractivity contribution in [2.45, 2.75) is 32.3 Å². The van der Waals surface area contributed by atoms with Crippen LogP contribution in [0.2, 0.25) is 0 Å². The monoisotopic (exact) mass is 216 g/mol. The Kier molecular flexibility index (Phi) is 3.97. The fourth-order valence-corrected chi connectivity index (χ4v) is 2.71. The first-order valence-corrected chi connectivity index (χ1v) is 6.11. The van der Waals surface area contributed by atoms with Gasteiger partial charge in [-0.15, -0.1) is 0 Å². The summed E-state index contributed by atoms with van der Waals surface area (Å²) in [4.78, 5) is 13.9. The first-order chi connectivity index (χ1) is 6.57. The molecule has 2 nitrogen and oxygen atoms in total. The van der Waals surface area contributed by atoms with Gasteiger partial charge in [0.15, 0.2) is 5.83 Å². The number of hydrogen-bond acceptors (Lipinski definition) is 2. The minimum atomic E-state index is -1.40. The van der Waals surface area contributed by atoms with Gasteiger partial charge in [0.2, 0.25) is 5.29 Å². The Balaban J connectivity index is 3.21. The van der Waals surface area contributed by atoms with Crippen molar-refractivity contribution >= 4 is 18.8 Å². The normalized spacial score (nSPS) is 24.1. The van der Waals surface area contributed by atoms with Crippen LogP contribution in [-0.4, -0.2) is 28.6 Å². The summed E-state index contributed by atoms with van der Waals surface area (Å²) < 4.78 is 13.5. The fourth-order valence-electron chi connectivity index (χ4n) is 1.41. The van der Waals surface area contributed by atoms with Crippen LogP contribution in [0, 0.1) is 0 Å². The van der Waals surface area contributed by atoms with Crippen LogP contribution in [0.1, 0.15) is 26.7 Å². The van der Waals surface area contributed by atoms with Gasteiger partial charge in [0.25, 0.3) is 7.77 Å². The van der Waals surface area contributed by atoms with Gasteiger partial charge in [-0.3, -0.25) is 4.99 Å². The summed E-state index contributed by atoms with van der Waals surface area (Å²) in [6.07, 6.45) is 2.96. The zero-order valence-electron chi connectivity index (χ0n) is 8.79. The molecule has 0 bridgehead atoms. The highest BCUT2D eigenvalue weighted by Gasteiger charge is 2.31.